The maximum absolute atomic E-state index is 12.0. The number of rotatable bonds is 11. The maximum Gasteiger partial charge on any atom is 0.270 e. The molecule has 3 aromatic rings. The van der Waals surface area contributed by atoms with Gasteiger partial charge in [0.15, 0.2) is 0 Å². The number of hydrogen-bond acceptors (Lipinski definition) is 10. The van der Waals surface area contributed by atoms with Crippen molar-refractivity contribution in [2.24, 2.45) is 5.10 Å². The Kier molecular flexibility index (Phi) is 8.98. The van der Waals surface area contributed by atoms with E-state index in [0.29, 0.717) is 22.2 Å². The van der Waals surface area contributed by atoms with Crippen molar-refractivity contribution in [2.45, 2.75) is 44.4 Å². The highest BCUT2D eigenvalue weighted by molar-refractivity contribution is 7.15. The molecule has 194 valence electrons. The number of non-ortho nitro benzene ring substituents is 1. The molecule has 4 rings (SSSR count). The van der Waals surface area contributed by atoms with E-state index in [1.54, 1.807) is 0 Å². The van der Waals surface area contributed by atoms with Gasteiger partial charge in [-0.3, -0.25) is 14.9 Å². The molecule has 1 saturated carbocycles. The van der Waals surface area contributed by atoms with E-state index in [2.05, 4.69) is 32.9 Å². The third-order valence-corrected chi connectivity index (χ3v) is 6.71. The molecule has 0 bridgehead atoms. The smallest absolute Gasteiger partial charge is 0.270 e. The first-order valence-corrected chi connectivity index (χ1v) is 12.8. The zero-order valence-electron chi connectivity index (χ0n) is 20.2. The van der Waals surface area contributed by atoms with Crippen molar-refractivity contribution >= 4 is 34.3 Å². The number of nitrogen functional groups attached to an aromatic ring is 1. The fourth-order valence-corrected chi connectivity index (χ4v) is 4.76. The number of nitro groups is 1. The summed E-state index contributed by atoms with van der Waals surface area (Å²) in [5.41, 5.74) is 9.44. The Bertz CT molecular complexity index is 1240. The number of aromatic nitrogens is 2. The third-order valence-electron chi connectivity index (χ3n) is 5.96. The van der Waals surface area contributed by atoms with Crippen LogP contribution in [0.1, 0.15) is 54.2 Å². The van der Waals surface area contributed by atoms with Gasteiger partial charge in [-0.1, -0.05) is 42.7 Å². The molecule has 1 heterocycles. The second kappa shape index (κ2) is 12.8. The molecule has 2 aromatic carbocycles. The van der Waals surface area contributed by atoms with Crippen LogP contribution in [0.5, 0.6) is 11.5 Å². The van der Waals surface area contributed by atoms with E-state index in [1.807, 2.05) is 12.1 Å². The van der Waals surface area contributed by atoms with Gasteiger partial charge in [-0.2, -0.15) is 5.10 Å². The van der Waals surface area contributed by atoms with Gasteiger partial charge in [0, 0.05) is 17.7 Å². The Morgan fingerprint density at radius 3 is 2.59 bits per heavy atom. The van der Waals surface area contributed by atoms with E-state index in [9.17, 15) is 14.9 Å². The molecular formula is C25H28N6O5S. The molecule has 37 heavy (non-hydrogen) atoms. The lowest BCUT2D eigenvalue weighted by atomic mass is 9.84. The van der Waals surface area contributed by atoms with E-state index in [4.69, 9.17) is 15.2 Å². The van der Waals surface area contributed by atoms with Gasteiger partial charge in [-0.25, -0.2) is 5.43 Å². The summed E-state index contributed by atoms with van der Waals surface area (Å²) in [6, 6.07) is 12.4. The number of nitro benzene ring substituents is 1. The highest BCUT2D eigenvalue weighted by Crippen LogP contribution is 2.33. The molecule has 1 amide bonds. The van der Waals surface area contributed by atoms with Gasteiger partial charge in [0.1, 0.15) is 29.7 Å². The zero-order valence-corrected chi connectivity index (χ0v) is 21.0. The minimum Gasteiger partial charge on any atom is -0.490 e. The lowest BCUT2D eigenvalue weighted by molar-refractivity contribution is -0.384. The van der Waals surface area contributed by atoms with Gasteiger partial charge in [-0.15, -0.1) is 10.2 Å². The average Bonchev–Trinajstić information content (AvgIpc) is 3.32. The van der Waals surface area contributed by atoms with E-state index in [-0.39, 0.29) is 30.5 Å². The van der Waals surface area contributed by atoms with Crippen LogP contribution in [0.25, 0.3) is 0 Å². The normalized spacial score (nSPS) is 13.9. The quantitative estimate of drug-likeness (QED) is 0.163. The van der Waals surface area contributed by atoms with Crippen LogP contribution in [0.4, 0.5) is 10.8 Å². The zero-order chi connectivity index (χ0) is 26.0. The SMILES string of the molecule is Nc1nnc(CC(=O)N/N=C\c2cc([N+](=O)[O-])ccc2OCCOc2ccc(C3CCCCC3)cc2)s1. The molecule has 0 spiro atoms. The summed E-state index contributed by atoms with van der Waals surface area (Å²) in [5, 5.41) is 23.2. The number of nitrogens with zero attached hydrogens (tertiary/aromatic N) is 4. The number of amides is 1. The van der Waals surface area contributed by atoms with Crippen molar-refractivity contribution in [3.63, 3.8) is 0 Å². The number of ether oxygens (including phenoxy) is 2. The van der Waals surface area contributed by atoms with Crippen LogP contribution in [0, 0.1) is 10.1 Å². The molecule has 1 aliphatic rings. The van der Waals surface area contributed by atoms with Crippen LogP contribution in [-0.2, 0) is 11.2 Å². The minimum absolute atomic E-state index is 0.0382. The Balaban J connectivity index is 1.30. The molecule has 0 unspecified atom stereocenters. The number of hydrogen-bond donors (Lipinski definition) is 2. The van der Waals surface area contributed by atoms with Crippen LogP contribution >= 0.6 is 11.3 Å². The summed E-state index contributed by atoms with van der Waals surface area (Å²) < 4.78 is 11.6. The van der Waals surface area contributed by atoms with Crippen LogP contribution in [0.3, 0.4) is 0 Å². The molecule has 0 saturated heterocycles. The number of nitrogens with one attached hydrogen (secondary N) is 1. The Morgan fingerprint density at radius 2 is 1.89 bits per heavy atom. The predicted molar refractivity (Wildman–Crippen MR) is 140 cm³/mol. The molecule has 11 nitrogen and oxygen atoms in total. The first-order valence-electron chi connectivity index (χ1n) is 12.0. The van der Waals surface area contributed by atoms with Crippen LogP contribution in [0.2, 0.25) is 0 Å². The van der Waals surface area contributed by atoms with E-state index in [0.717, 1.165) is 17.1 Å². The molecule has 1 aliphatic carbocycles. The second-order valence-electron chi connectivity index (χ2n) is 8.58. The van der Waals surface area contributed by atoms with Gasteiger partial charge in [0.25, 0.3) is 5.69 Å². The molecule has 3 N–H and O–H groups in total. The summed E-state index contributed by atoms with van der Waals surface area (Å²) in [7, 11) is 0. The highest BCUT2D eigenvalue weighted by Gasteiger charge is 2.15. The molecular weight excluding hydrogens is 496 g/mol. The van der Waals surface area contributed by atoms with E-state index < -0.39 is 10.8 Å². The molecule has 0 aliphatic heterocycles. The number of carbonyl (C=O) groups excluding carboxylic acids is 1. The van der Waals surface area contributed by atoms with Gasteiger partial charge in [-0.05, 0) is 42.5 Å². The number of hydrazone groups is 1. The predicted octanol–water partition coefficient (Wildman–Crippen LogP) is 4.23. The van der Waals surface area contributed by atoms with Crippen LogP contribution < -0.4 is 20.6 Å². The number of nitrogens with two attached hydrogens (primary N) is 1. The summed E-state index contributed by atoms with van der Waals surface area (Å²) in [6.07, 6.45) is 7.66. The van der Waals surface area contributed by atoms with Crippen molar-refractivity contribution in [1.82, 2.24) is 15.6 Å². The standard InChI is InChI=1S/C25H28N6O5S/c26-25-30-29-24(37-25)15-23(32)28-27-16-19-14-20(31(33)34)8-11-22(19)36-13-12-35-21-9-6-18(7-10-21)17-4-2-1-3-5-17/h6-11,14,16-17H,1-5,12-13,15H2,(H2,26,30)(H,28,32)/b27-16-. The van der Waals surface area contributed by atoms with Crippen molar-refractivity contribution in [2.75, 3.05) is 18.9 Å². The van der Waals surface area contributed by atoms with Crippen LogP contribution in [-0.4, -0.2) is 40.5 Å². The van der Waals surface area contributed by atoms with Crippen LogP contribution in [0.15, 0.2) is 47.6 Å². The third kappa shape index (κ3) is 7.71. The molecule has 12 heteroatoms. The van der Waals surface area contributed by atoms with Crippen molar-refractivity contribution in [3.8, 4) is 11.5 Å². The van der Waals surface area contributed by atoms with Gasteiger partial charge in [0.2, 0.25) is 11.0 Å². The lowest BCUT2D eigenvalue weighted by Crippen LogP contribution is -2.19. The molecule has 1 aromatic heterocycles. The first kappa shape index (κ1) is 26.0. The Hall–Kier alpha value is -4.06. The summed E-state index contributed by atoms with van der Waals surface area (Å²) >= 11 is 1.11. The number of carbonyl (C=O) groups is 1. The Morgan fingerprint density at radius 1 is 1.14 bits per heavy atom. The van der Waals surface area contributed by atoms with Gasteiger partial charge >= 0.3 is 0 Å². The topological polar surface area (TPSA) is 155 Å². The lowest BCUT2D eigenvalue weighted by Gasteiger charge is -2.22. The Labute approximate surface area is 217 Å². The van der Waals surface area contributed by atoms with Gasteiger partial charge in [0.05, 0.1) is 17.6 Å². The first-order chi connectivity index (χ1) is 18.0. The largest absolute Gasteiger partial charge is 0.490 e. The number of anilines is 1. The van der Waals surface area contributed by atoms with Crippen molar-refractivity contribution in [3.05, 3.63) is 68.7 Å². The summed E-state index contributed by atoms with van der Waals surface area (Å²) in [4.78, 5) is 22.7. The second-order valence-corrected chi connectivity index (χ2v) is 9.68. The fraction of sp³-hybridized carbons (Fsp3) is 0.360. The van der Waals surface area contributed by atoms with Crippen molar-refractivity contribution < 1.29 is 19.2 Å². The van der Waals surface area contributed by atoms with Gasteiger partial charge < -0.3 is 15.2 Å². The number of benzene rings is 2. The summed E-state index contributed by atoms with van der Waals surface area (Å²) in [5.74, 6) is 1.34. The van der Waals surface area contributed by atoms with E-state index >= 15 is 0 Å². The minimum atomic E-state index is -0.514. The van der Waals surface area contributed by atoms with Crippen molar-refractivity contribution in [1.29, 1.82) is 0 Å². The molecule has 0 radical (unpaired) electrons. The monoisotopic (exact) mass is 524 g/mol. The summed E-state index contributed by atoms with van der Waals surface area (Å²) in [6.45, 7) is 0.506. The highest BCUT2D eigenvalue weighted by atomic mass is 32.1. The maximum atomic E-state index is 12.0. The average molecular weight is 525 g/mol. The molecule has 0 atom stereocenters. The molecule has 1 fully saturated rings. The van der Waals surface area contributed by atoms with E-state index in [1.165, 1.54) is 62.1 Å². The fourth-order valence-electron chi connectivity index (χ4n) is 4.15.